The van der Waals surface area contributed by atoms with E-state index < -0.39 is 6.10 Å². The minimum absolute atomic E-state index is 0.129. The van der Waals surface area contributed by atoms with Gasteiger partial charge in [-0.3, -0.25) is 14.4 Å². The van der Waals surface area contributed by atoms with Gasteiger partial charge in [-0.25, -0.2) is 0 Å². The number of carbonyl (C=O) groups is 3. The highest BCUT2D eigenvalue weighted by atomic mass is 16.6. The molecule has 6 nitrogen and oxygen atoms in total. The summed E-state index contributed by atoms with van der Waals surface area (Å²) in [6.07, 6.45) is 77.9. The summed E-state index contributed by atoms with van der Waals surface area (Å²) in [5.41, 5.74) is 0. The van der Waals surface area contributed by atoms with Crippen molar-refractivity contribution in [2.45, 2.75) is 194 Å². The lowest BCUT2D eigenvalue weighted by atomic mass is 10.1. The number of hydrogen-bond acceptors (Lipinski definition) is 6. The Morgan fingerprint density at radius 3 is 1.09 bits per heavy atom. The van der Waals surface area contributed by atoms with E-state index in [9.17, 15) is 14.4 Å². The van der Waals surface area contributed by atoms with Gasteiger partial charge in [0.2, 0.25) is 0 Å². The van der Waals surface area contributed by atoms with E-state index in [1.165, 1.54) is 6.42 Å². The molecule has 0 aliphatic rings. The monoisotopic (exact) mass is 921 g/mol. The fraction of sp³-hybridized carbons (Fsp3) is 0.525. The summed E-state index contributed by atoms with van der Waals surface area (Å²) in [5.74, 6) is -1.05. The normalized spacial score (nSPS) is 13.4. The number of carbonyl (C=O) groups excluding carboxylic acids is 3. The molecule has 0 aliphatic carbocycles. The molecule has 0 fully saturated rings. The summed E-state index contributed by atoms with van der Waals surface area (Å²) in [6, 6.07) is 0. The van der Waals surface area contributed by atoms with E-state index in [-0.39, 0.29) is 37.5 Å². The van der Waals surface area contributed by atoms with Crippen molar-refractivity contribution >= 4 is 17.9 Å². The van der Waals surface area contributed by atoms with Crippen LogP contribution in [-0.4, -0.2) is 37.2 Å². The molecular weight excluding hydrogens is 829 g/mol. The van der Waals surface area contributed by atoms with Crippen LogP contribution in [0.25, 0.3) is 0 Å². The zero-order chi connectivity index (χ0) is 48.6. The summed E-state index contributed by atoms with van der Waals surface area (Å²) in [7, 11) is 0. The molecule has 0 bridgehead atoms. The number of esters is 3. The molecule has 0 aliphatic heterocycles. The molecule has 1 unspecified atom stereocenters. The van der Waals surface area contributed by atoms with Crippen LogP contribution in [0.4, 0.5) is 0 Å². The fourth-order valence-corrected chi connectivity index (χ4v) is 6.28. The van der Waals surface area contributed by atoms with Gasteiger partial charge in [0.25, 0.3) is 0 Å². The van der Waals surface area contributed by atoms with Crippen molar-refractivity contribution in [1.82, 2.24) is 0 Å². The first-order valence-corrected chi connectivity index (χ1v) is 26.1. The Morgan fingerprint density at radius 1 is 0.328 bits per heavy atom. The van der Waals surface area contributed by atoms with Gasteiger partial charge in [0, 0.05) is 19.3 Å². The van der Waals surface area contributed by atoms with Crippen LogP contribution in [0.15, 0.2) is 158 Å². The van der Waals surface area contributed by atoms with Crippen molar-refractivity contribution in [3.05, 3.63) is 158 Å². The summed E-state index contributed by atoms with van der Waals surface area (Å²) in [5, 5.41) is 0. The highest BCUT2D eigenvalue weighted by Gasteiger charge is 2.19. The van der Waals surface area contributed by atoms with Crippen LogP contribution in [0.2, 0.25) is 0 Å². The van der Waals surface area contributed by atoms with Crippen LogP contribution in [0, 0.1) is 0 Å². The number of allylic oxidation sites excluding steroid dienone is 26. The second-order valence-electron chi connectivity index (χ2n) is 16.4. The van der Waals surface area contributed by atoms with Crippen LogP contribution in [0.1, 0.15) is 188 Å². The van der Waals surface area contributed by atoms with E-state index in [4.69, 9.17) is 14.2 Å². The van der Waals surface area contributed by atoms with Crippen LogP contribution in [-0.2, 0) is 28.6 Å². The van der Waals surface area contributed by atoms with E-state index in [1.807, 2.05) is 36.5 Å². The van der Waals surface area contributed by atoms with Gasteiger partial charge in [0.05, 0.1) is 0 Å². The smallest absolute Gasteiger partial charge is 0.306 e. The van der Waals surface area contributed by atoms with E-state index in [0.29, 0.717) is 19.3 Å². The zero-order valence-corrected chi connectivity index (χ0v) is 42.3. The van der Waals surface area contributed by atoms with Gasteiger partial charge in [-0.15, -0.1) is 0 Å². The van der Waals surface area contributed by atoms with Crippen molar-refractivity contribution in [2.24, 2.45) is 0 Å². The molecule has 67 heavy (non-hydrogen) atoms. The Labute approximate surface area is 409 Å². The molecule has 0 saturated heterocycles. The predicted molar refractivity (Wildman–Crippen MR) is 288 cm³/mol. The third-order valence-corrected chi connectivity index (χ3v) is 10.1. The standard InChI is InChI=1S/C61H92O6/c1-4-7-10-13-16-19-22-25-28-30-32-33-36-39-42-45-48-51-54-60(63)66-57-58(56-65-59(62)53-50-47-44-41-38-35-27-24-21-18-15-12-9-6-3)67-61(64)55-52-49-46-43-40-37-34-31-29-26-23-20-17-14-11-8-5-2/h8-13,16-22,25-30,32-35,37,43,46,58H,4-7,14-15,23-24,31,36,38-42,44-45,47-57H2,1-3H3/b11-8-,12-9-,13-10-,19-16-,20-17-,21-18-,25-22-,29-26-,30-28-,33-32-,35-27-,37-34-,46-43-. The van der Waals surface area contributed by atoms with Gasteiger partial charge in [-0.1, -0.05) is 217 Å². The molecule has 0 radical (unpaired) electrons. The minimum atomic E-state index is -0.836. The van der Waals surface area contributed by atoms with Gasteiger partial charge in [-0.05, 0) is 109 Å². The second-order valence-corrected chi connectivity index (χ2v) is 16.4. The molecular formula is C61H92O6. The van der Waals surface area contributed by atoms with E-state index in [0.717, 1.165) is 135 Å². The lowest BCUT2D eigenvalue weighted by molar-refractivity contribution is -0.167. The molecule has 0 saturated carbocycles. The maximum atomic E-state index is 12.8. The minimum Gasteiger partial charge on any atom is -0.462 e. The molecule has 0 aromatic rings. The lowest BCUT2D eigenvalue weighted by Crippen LogP contribution is -2.30. The topological polar surface area (TPSA) is 78.9 Å². The summed E-state index contributed by atoms with van der Waals surface area (Å²) >= 11 is 0. The Hall–Kier alpha value is -4.97. The van der Waals surface area contributed by atoms with Gasteiger partial charge in [0.1, 0.15) is 13.2 Å². The van der Waals surface area contributed by atoms with Crippen LogP contribution >= 0.6 is 0 Å². The van der Waals surface area contributed by atoms with E-state index in [1.54, 1.807) is 0 Å². The SMILES string of the molecule is CC/C=C\C/C=C\C/C=C\C/C=C\C/C=C\CCCC(=O)OC(COC(=O)CCCCCC/C=C\C/C=C\C/C=C\CC)COC(=O)CCCCCCC\C=C/C=C\C=C/C=C\C=C/CCC. The molecule has 0 spiro atoms. The molecule has 0 aromatic heterocycles. The molecule has 0 rings (SSSR count). The van der Waals surface area contributed by atoms with Crippen LogP contribution < -0.4 is 0 Å². The third-order valence-electron chi connectivity index (χ3n) is 10.1. The Bertz CT molecular complexity index is 1570. The van der Waals surface area contributed by atoms with Crippen molar-refractivity contribution in [2.75, 3.05) is 13.2 Å². The summed E-state index contributed by atoms with van der Waals surface area (Å²) < 4.78 is 16.7. The maximum Gasteiger partial charge on any atom is 0.306 e. The number of unbranched alkanes of at least 4 members (excludes halogenated alkanes) is 11. The molecule has 6 heteroatoms. The molecule has 0 heterocycles. The molecule has 0 N–H and O–H groups in total. The Kier molecular flexibility index (Phi) is 49.7. The van der Waals surface area contributed by atoms with Crippen molar-refractivity contribution in [3.8, 4) is 0 Å². The summed E-state index contributed by atoms with van der Waals surface area (Å²) in [4.78, 5) is 38.0. The first-order chi connectivity index (χ1) is 33.0. The number of hydrogen-bond donors (Lipinski definition) is 0. The van der Waals surface area contributed by atoms with Crippen molar-refractivity contribution < 1.29 is 28.6 Å². The van der Waals surface area contributed by atoms with Gasteiger partial charge >= 0.3 is 17.9 Å². The zero-order valence-electron chi connectivity index (χ0n) is 42.3. The van der Waals surface area contributed by atoms with Gasteiger partial charge in [0.15, 0.2) is 6.10 Å². The highest BCUT2D eigenvalue weighted by molar-refractivity contribution is 5.71. The van der Waals surface area contributed by atoms with Crippen molar-refractivity contribution in [1.29, 1.82) is 0 Å². The third kappa shape index (κ3) is 51.9. The fourth-order valence-electron chi connectivity index (χ4n) is 6.28. The Balaban J connectivity index is 4.61. The average Bonchev–Trinajstić information content (AvgIpc) is 3.33. The average molecular weight is 921 g/mol. The van der Waals surface area contributed by atoms with Crippen molar-refractivity contribution in [3.63, 3.8) is 0 Å². The molecule has 1 atom stereocenters. The summed E-state index contributed by atoms with van der Waals surface area (Å²) in [6.45, 7) is 6.20. The highest BCUT2D eigenvalue weighted by Crippen LogP contribution is 2.11. The first kappa shape index (κ1) is 62.0. The van der Waals surface area contributed by atoms with Crippen LogP contribution in [0.3, 0.4) is 0 Å². The molecule has 372 valence electrons. The van der Waals surface area contributed by atoms with E-state index >= 15 is 0 Å². The quantitative estimate of drug-likeness (QED) is 0.0199. The van der Waals surface area contributed by atoms with E-state index in [2.05, 4.69) is 142 Å². The molecule has 0 amide bonds. The number of rotatable bonds is 44. The van der Waals surface area contributed by atoms with Gasteiger partial charge < -0.3 is 14.2 Å². The largest absolute Gasteiger partial charge is 0.462 e. The first-order valence-electron chi connectivity index (χ1n) is 26.1. The lowest BCUT2D eigenvalue weighted by Gasteiger charge is -2.18. The Morgan fingerprint density at radius 2 is 0.657 bits per heavy atom. The number of ether oxygens (including phenoxy) is 3. The predicted octanol–water partition coefficient (Wildman–Crippen LogP) is 17.4. The maximum absolute atomic E-state index is 12.8. The van der Waals surface area contributed by atoms with Gasteiger partial charge in [-0.2, -0.15) is 0 Å². The molecule has 0 aromatic carbocycles. The second kappa shape index (κ2) is 53.6. The van der Waals surface area contributed by atoms with Crippen LogP contribution in [0.5, 0.6) is 0 Å².